The van der Waals surface area contributed by atoms with Gasteiger partial charge in [0.1, 0.15) is 0 Å². The molecular weight excluding hydrogens is 181 g/mol. The molecule has 0 radical (unpaired) electrons. The van der Waals surface area contributed by atoms with E-state index < -0.39 is 0 Å². The summed E-state index contributed by atoms with van der Waals surface area (Å²) in [6.07, 6.45) is 0. The van der Waals surface area contributed by atoms with Crippen molar-refractivity contribution in [2.24, 2.45) is 0 Å². The van der Waals surface area contributed by atoms with Gasteiger partial charge in [0.15, 0.2) is 0 Å². The van der Waals surface area contributed by atoms with Gasteiger partial charge in [-0.2, -0.15) is 0 Å². The molecule has 5 heavy (non-hydrogen) atoms. The fourth-order valence-electron chi connectivity index (χ4n) is 0. The van der Waals surface area contributed by atoms with Gasteiger partial charge in [-0.25, -0.2) is 0 Å². The van der Waals surface area contributed by atoms with Gasteiger partial charge in [-0.15, -0.1) is 37.2 Å². The molecule has 0 unspecified atom stereocenters. The average molecular weight is 184 g/mol. The second-order valence-corrected chi connectivity index (χ2v) is 0. The van der Waals surface area contributed by atoms with Crippen LogP contribution in [0.4, 0.5) is 0 Å². The zero-order valence-electron chi connectivity index (χ0n) is 1.97. The van der Waals surface area contributed by atoms with Crippen molar-refractivity contribution in [3.05, 3.63) is 0 Å². The van der Waals surface area contributed by atoms with E-state index in [4.69, 9.17) is 3.87 Å². The van der Waals surface area contributed by atoms with Crippen LogP contribution < -0.4 is 0 Å². The van der Waals surface area contributed by atoms with Crippen LogP contribution in [0.2, 0.25) is 0 Å². The molecule has 0 aromatic heterocycles. The van der Waals surface area contributed by atoms with Crippen LogP contribution in [-0.4, -0.2) is 0 Å². The molecular formula is H3Cl3CoO. The van der Waals surface area contributed by atoms with E-state index in [1.54, 1.807) is 0 Å². The normalized spacial score (nSPS) is 1.00. The second kappa shape index (κ2) is 65.2. The molecule has 0 aliphatic rings. The monoisotopic (exact) mass is 183 g/mol. The quantitative estimate of drug-likeness (QED) is 0.552. The van der Waals surface area contributed by atoms with E-state index in [2.05, 4.69) is 15.7 Å². The first-order valence-electron chi connectivity index (χ1n) is 0.136. The topological polar surface area (TPSA) is 17.1 Å². The fraction of sp³-hybridized carbons (Fsp3) is 0. The van der Waals surface area contributed by atoms with Crippen LogP contribution in [0.25, 0.3) is 0 Å². The number of hydrogen-bond acceptors (Lipinski definition) is 1. The molecule has 0 aromatic rings. The Labute approximate surface area is 56.9 Å². The summed E-state index contributed by atoms with van der Waals surface area (Å²) in [5, 5.41) is 0. The Balaban J connectivity index is -0.00000000167. The summed E-state index contributed by atoms with van der Waals surface area (Å²) in [5.41, 5.74) is 0. The molecule has 0 aromatic carbocycles. The third-order valence-electron chi connectivity index (χ3n) is 0. The summed E-state index contributed by atoms with van der Waals surface area (Å²) in [7, 11) is 0. The minimum atomic E-state index is 0. The zero-order valence-corrected chi connectivity index (χ0v) is 5.46. The van der Waals surface area contributed by atoms with Crippen LogP contribution in [0.5, 0.6) is 0 Å². The van der Waals surface area contributed by atoms with E-state index in [1.165, 1.54) is 0 Å². The summed E-state index contributed by atoms with van der Waals surface area (Å²) >= 11 is 2.31. The Kier molecular flexibility index (Phi) is 456. The number of hydrogen-bond donors (Lipinski definition) is 0. The van der Waals surface area contributed by atoms with E-state index in [0.717, 1.165) is 0 Å². The van der Waals surface area contributed by atoms with Crippen molar-refractivity contribution in [1.29, 1.82) is 0 Å². The maximum atomic E-state index is 7.94. The molecule has 0 aliphatic carbocycles. The summed E-state index contributed by atoms with van der Waals surface area (Å²) in [4.78, 5) is 0. The fourth-order valence-corrected chi connectivity index (χ4v) is 0. The molecule has 1 nitrogen and oxygen atoms in total. The molecule has 0 heterocycles. The summed E-state index contributed by atoms with van der Waals surface area (Å²) in [5.74, 6) is 0. The van der Waals surface area contributed by atoms with Gasteiger partial charge in [-0.3, -0.25) is 0 Å². The summed E-state index contributed by atoms with van der Waals surface area (Å²) in [6.45, 7) is 0. The first-order chi connectivity index (χ1) is 1.00. The van der Waals surface area contributed by atoms with Crippen molar-refractivity contribution in [3.8, 4) is 0 Å². The molecule has 0 aliphatic heterocycles. The minimum absolute atomic E-state index is 0. The predicted molar refractivity (Wildman–Crippen MR) is 22.4 cm³/mol. The Morgan fingerprint density at radius 1 is 0.800 bits per heavy atom. The van der Waals surface area contributed by atoms with E-state index in [-0.39, 0.29) is 37.2 Å². The Morgan fingerprint density at radius 3 is 0.800 bits per heavy atom. The van der Waals surface area contributed by atoms with E-state index >= 15 is 0 Å². The maximum absolute atomic E-state index is 7.94. The Morgan fingerprint density at radius 2 is 0.800 bits per heavy atom. The second-order valence-electron chi connectivity index (χ2n) is 0. The van der Waals surface area contributed by atoms with E-state index in [9.17, 15) is 0 Å². The van der Waals surface area contributed by atoms with Crippen molar-refractivity contribution in [2.75, 3.05) is 0 Å². The molecule has 5 heteroatoms. The van der Waals surface area contributed by atoms with Crippen molar-refractivity contribution in [2.45, 2.75) is 0 Å². The molecule has 0 bridgehead atoms. The van der Waals surface area contributed by atoms with Gasteiger partial charge in [0.05, 0.1) is 0 Å². The van der Waals surface area contributed by atoms with Crippen molar-refractivity contribution in [1.82, 2.24) is 0 Å². The summed E-state index contributed by atoms with van der Waals surface area (Å²) < 4.78 is 7.94. The van der Waals surface area contributed by atoms with Crippen molar-refractivity contribution in [3.63, 3.8) is 0 Å². The summed E-state index contributed by atoms with van der Waals surface area (Å²) in [6, 6.07) is 0. The van der Waals surface area contributed by atoms with Gasteiger partial charge in [-0.05, 0) is 0 Å². The van der Waals surface area contributed by atoms with Gasteiger partial charge in [-0.1, -0.05) is 0 Å². The molecule has 0 saturated heterocycles. The number of rotatable bonds is 0. The Hall–Kier alpha value is 1.18. The van der Waals surface area contributed by atoms with Crippen molar-refractivity contribution >= 4 is 37.2 Å². The third kappa shape index (κ3) is 37.7. The Bertz CT molecular complexity index is 6.85. The van der Waals surface area contributed by atoms with Crippen molar-refractivity contribution < 1.29 is 19.5 Å². The molecule has 0 fully saturated rings. The molecule has 0 spiro atoms. The third-order valence-corrected chi connectivity index (χ3v) is 0. The average Bonchev–Trinajstić information content (AvgIpc) is 1.00. The van der Waals surface area contributed by atoms with Crippen LogP contribution in [0.15, 0.2) is 0 Å². The molecule has 0 saturated carbocycles. The predicted octanol–water partition coefficient (Wildman–Crippen LogP) is 1.14. The van der Waals surface area contributed by atoms with Gasteiger partial charge < -0.3 is 0 Å². The van der Waals surface area contributed by atoms with Crippen LogP contribution in [0.3, 0.4) is 0 Å². The number of halogens is 3. The zero-order chi connectivity index (χ0) is 2.00. The van der Waals surface area contributed by atoms with Crippen LogP contribution >= 0.6 is 37.2 Å². The van der Waals surface area contributed by atoms with Gasteiger partial charge in [0.2, 0.25) is 0 Å². The first-order valence-corrected chi connectivity index (χ1v) is 0.561. The molecule has 0 N–H and O–H groups in total. The molecule has 39 valence electrons. The van der Waals surface area contributed by atoms with E-state index in [0.29, 0.717) is 0 Å². The molecule has 0 amide bonds. The van der Waals surface area contributed by atoms with E-state index in [1.807, 2.05) is 0 Å². The standard InChI is InChI=1S/3ClH.Co.O/h3*1H;;. The van der Waals surface area contributed by atoms with Crippen LogP contribution in [-0.2, 0) is 19.5 Å². The SMILES string of the molecule is Cl.Cl.Cl.[O]=[Co]. The van der Waals surface area contributed by atoms with Gasteiger partial charge in [0, 0.05) is 0 Å². The molecule has 0 rings (SSSR count). The van der Waals surface area contributed by atoms with Gasteiger partial charge in [0.25, 0.3) is 0 Å². The molecule has 0 atom stereocenters. The van der Waals surface area contributed by atoms with Crippen LogP contribution in [0, 0.1) is 0 Å². The first kappa shape index (κ1) is 34.9. The van der Waals surface area contributed by atoms with Crippen LogP contribution in [0.1, 0.15) is 0 Å². The van der Waals surface area contributed by atoms with Gasteiger partial charge >= 0.3 is 19.5 Å².